The molecular weight excluding hydrogens is 427 g/mol. The molecule has 3 rings (SSSR count). The Morgan fingerprint density at radius 3 is 2.63 bits per heavy atom. The average molecular weight is 447 g/mol. The summed E-state index contributed by atoms with van der Waals surface area (Å²) in [4.78, 5) is 39.5. The molecule has 1 heterocycles. The fourth-order valence-electron chi connectivity index (χ4n) is 2.77. The molecule has 0 aliphatic carbocycles. The van der Waals surface area contributed by atoms with Crippen molar-refractivity contribution in [3.8, 4) is 5.75 Å². The Bertz CT molecular complexity index is 1010. The molecule has 156 valence electrons. The molecule has 0 aromatic heterocycles. The molecule has 0 saturated carbocycles. The number of hydrogen-bond acceptors (Lipinski definition) is 6. The van der Waals surface area contributed by atoms with E-state index >= 15 is 0 Å². The molecule has 1 aliphatic rings. The minimum absolute atomic E-state index is 0.0440. The van der Waals surface area contributed by atoms with Crippen LogP contribution < -0.4 is 10.1 Å². The molecule has 6 nitrogen and oxygen atoms in total. The normalized spacial score (nSPS) is 15.0. The van der Waals surface area contributed by atoms with Crippen molar-refractivity contribution in [3.63, 3.8) is 0 Å². The number of imide groups is 1. The number of amides is 3. The van der Waals surface area contributed by atoms with Crippen LogP contribution >= 0.6 is 23.5 Å². The Morgan fingerprint density at radius 2 is 1.97 bits per heavy atom. The predicted octanol–water partition coefficient (Wildman–Crippen LogP) is 4.02. The minimum Gasteiger partial charge on any atom is -0.496 e. The van der Waals surface area contributed by atoms with Gasteiger partial charge in [0, 0.05) is 18.0 Å². The molecule has 1 N–H and O–H groups in total. The number of halogens is 1. The van der Waals surface area contributed by atoms with Gasteiger partial charge in [0.05, 0.1) is 17.6 Å². The summed E-state index contributed by atoms with van der Waals surface area (Å²) in [6.07, 6.45) is 3.47. The highest BCUT2D eigenvalue weighted by molar-refractivity contribution is 8.18. The molecule has 2 aromatic carbocycles. The summed E-state index contributed by atoms with van der Waals surface area (Å²) in [5.74, 6) is -0.720. The lowest BCUT2D eigenvalue weighted by Gasteiger charge is -2.14. The minimum atomic E-state index is -0.439. The Labute approximate surface area is 181 Å². The quantitative estimate of drug-likeness (QED) is 0.511. The summed E-state index contributed by atoms with van der Waals surface area (Å²) in [7, 11) is 1.49. The molecule has 0 bridgehead atoms. The van der Waals surface area contributed by atoms with Crippen LogP contribution in [0.3, 0.4) is 0 Å². The average Bonchev–Trinajstić information content (AvgIpc) is 3.02. The number of carbonyl (C=O) groups excluding carboxylic acids is 3. The van der Waals surface area contributed by atoms with E-state index in [1.165, 1.54) is 43.1 Å². The maximum Gasteiger partial charge on any atom is 0.293 e. The summed E-state index contributed by atoms with van der Waals surface area (Å²) >= 11 is 2.35. The van der Waals surface area contributed by atoms with Crippen molar-refractivity contribution < 1.29 is 23.5 Å². The van der Waals surface area contributed by atoms with E-state index in [2.05, 4.69) is 5.32 Å². The van der Waals surface area contributed by atoms with Gasteiger partial charge in [0.15, 0.2) is 0 Å². The van der Waals surface area contributed by atoms with E-state index in [-0.39, 0.29) is 29.7 Å². The van der Waals surface area contributed by atoms with E-state index in [9.17, 15) is 18.8 Å². The first-order valence-electron chi connectivity index (χ1n) is 8.94. The van der Waals surface area contributed by atoms with E-state index in [0.717, 1.165) is 21.6 Å². The standard InChI is InChI=1S/C21H19FN2O4S2/c1-28-17-12-15(29-2)7-8-16(17)19(25)23-9-10-24-20(26)18(30-21(24)27)11-13-3-5-14(22)6-4-13/h3-8,11-12H,9-10H2,1-2H3,(H,23,25)/b18-11+. The van der Waals surface area contributed by atoms with Gasteiger partial charge in [-0.25, -0.2) is 4.39 Å². The number of ether oxygens (including phenoxy) is 1. The molecule has 0 atom stereocenters. The zero-order chi connectivity index (χ0) is 21.7. The lowest BCUT2D eigenvalue weighted by Crippen LogP contribution is -2.37. The SMILES string of the molecule is COc1cc(SC)ccc1C(=O)NCCN1C(=O)S/C(=C/c2ccc(F)cc2)C1=O. The van der Waals surface area contributed by atoms with Gasteiger partial charge in [-0.2, -0.15) is 0 Å². The third-order valence-corrected chi connectivity index (χ3v) is 5.95. The lowest BCUT2D eigenvalue weighted by molar-refractivity contribution is -0.122. The number of rotatable bonds is 7. The monoisotopic (exact) mass is 446 g/mol. The van der Waals surface area contributed by atoms with E-state index in [1.807, 2.05) is 12.3 Å². The first-order chi connectivity index (χ1) is 14.4. The number of carbonyl (C=O) groups is 3. The molecule has 1 saturated heterocycles. The van der Waals surface area contributed by atoms with Gasteiger partial charge in [-0.05, 0) is 60.0 Å². The van der Waals surface area contributed by atoms with Gasteiger partial charge in [0.1, 0.15) is 11.6 Å². The molecule has 2 aromatic rings. The number of nitrogens with one attached hydrogen (secondary N) is 1. The van der Waals surface area contributed by atoms with E-state index < -0.39 is 11.1 Å². The van der Waals surface area contributed by atoms with Crippen LogP contribution in [0.4, 0.5) is 9.18 Å². The van der Waals surface area contributed by atoms with Crippen molar-refractivity contribution in [2.75, 3.05) is 26.5 Å². The van der Waals surface area contributed by atoms with Crippen molar-refractivity contribution in [1.29, 1.82) is 0 Å². The molecule has 9 heteroatoms. The molecule has 0 radical (unpaired) electrons. The van der Waals surface area contributed by atoms with Gasteiger partial charge >= 0.3 is 0 Å². The summed E-state index contributed by atoms with van der Waals surface area (Å²) in [6, 6.07) is 10.9. The number of nitrogens with zero attached hydrogens (tertiary/aromatic N) is 1. The van der Waals surface area contributed by atoms with Crippen LogP contribution in [0.25, 0.3) is 6.08 Å². The van der Waals surface area contributed by atoms with Gasteiger partial charge < -0.3 is 10.1 Å². The second kappa shape index (κ2) is 9.82. The summed E-state index contributed by atoms with van der Waals surface area (Å²) in [5, 5.41) is 2.30. The fourth-order valence-corrected chi connectivity index (χ4v) is 4.06. The Balaban J connectivity index is 1.61. The number of benzene rings is 2. The van der Waals surface area contributed by atoms with Crippen molar-refractivity contribution in [1.82, 2.24) is 10.2 Å². The largest absolute Gasteiger partial charge is 0.496 e. The molecule has 30 heavy (non-hydrogen) atoms. The van der Waals surface area contributed by atoms with Crippen LogP contribution in [0.2, 0.25) is 0 Å². The van der Waals surface area contributed by atoms with Crippen molar-refractivity contribution in [2.24, 2.45) is 0 Å². The first kappa shape index (κ1) is 21.9. The molecule has 0 spiro atoms. The van der Waals surface area contributed by atoms with Crippen LogP contribution in [0.15, 0.2) is 52.3 Å². The van der Waals surface area contributed by atoms with Gasteiger partial charge in [-0.15, -0.1) is 11.8 Å². The maximum absolute atomic E-state index is 13.0. The molecular formula is C21H19FN2O4S2. The van der Waals surface area contributed by atoms with Gasteiger partial charge in [0.25, 0.3) is 17.1 Å². The fraction of sp³-hybridized carbons (Fsp3) is 0.190. The zero-order valence-corrected chi connectivity index (χ0v) is 17.9. The second-order valence-corrected chi connectivity index (χ2v) is 8.08. The van der Waals surface area contributed by atoms with Gasteiger partial charge in [-0.1, -0.05) is 12.1 Å². The highest BCUT2D eigenvalue weighted by atomic mass is 32.2. The van der Waals surface area contributed by atoms with Crippen LogP contribution in [0, 0.1) is 5.82 Å². The van der Waals surface area contributed by atoms with E-state index in [0.29, 0.717) is 16.9 Å². The molecule has 1 fully saturated rings. The Morgan fingerprint density at radius 1 is 1.23 bits per heavy atom. The van der Waals surface area contributed by atoms with Crippen molar-refractivity contribution in [3.05, 3.63) is 64.3 Å². The molecule has 3 amide bonds. The van der Waals surface area contributed by atoms with E-state index in [4.69, 9.17) is 4.74 Å². The van der Waals surface area contributed by atoms with Crippen LogP contribution in [0.1, 0.15) is 15.9 Å². The van der Waals surface area contributed by atoms with Gasteiger partial charge in [0.2, 0.25) is 0 Å². The number of methoxy groups -OCH3 is 1. The highest BCUT2D eigenvalue weighted by Crippen LogP contribution is 2.32. The summed E-state index contributed by atoms with van der Waals surface area (Å²) in [5.41, 5.74) is 0.997. The van der Waals surface area contributed by atoms with Crippen LogP contribution in [-0.2, 0) is 4.79 Å². The Hall–Kier alpha value is -2.78. The topological polar surface area (TPSA) is 75.7 Å². The molecule has 1 aliphatic heterocycles. The Kier molecular flexibility index (Phi) is 7.17. The molecule has 0 unspecified atom stereocenters. The summed E-state index contributed by atoms with van der Waals surface area (Å²) < 4.78 is 18.3. The third kappa shape index (κ3) is 5.03. The second-order valence-electron chi connectivity index (χ2n) is 6.21. The maximum atomic E-state index is 13.0. The highest BCUT2D eigenvalue weighted by Gasteiger charge is 2.34. The first-order valence-corrected chi connectivity index (χ1v) is 11.0. The smallest absolute Gasteiger partial charge is 0.293 e. The predicted molar refractivity (Wildman–Crippen MR) is 116 cm³/mol. The van der Waals surface area contributed by atoms with Crippen LogP contribution in [0.5, 0.6) is 5.75 Å². The third-order valence-electron chi connectivity index (χ3n) is 4.32. The van der Waals surface area contributed by atoms with Gasteiger partial charge in [-0.3, -0.25) is 19.3 Å². The van der Waals surface area contributed by atoms with Crippen molar-refractivity contribution in [2.45, 2.75) is 4.90 Å². The lowest BCUT2D eigenvalue weighted by atomic mass is 10.2. The van der Waals surface area contributed by atoms with Crippen molar-refractivity contribution >= 4 is 46.7 Å². The number of thioether (sulfide) groups is 2. The van der Waals surface area contributed by atoms with Crippen LogP contribution in [-0.4, -0.2) is 48.4 Å². The van der Waals surface area contributed by atoms with E-state index in [1.54, 1.807) is 18.2 Å². The zero-order valence-electron chi connectivity index (χ0n) is 16.3. The summed E-state index contributed by atoms with van der Waals surface area (Å²) in [6.45, 7) is 0.149. The number of hydrogen-bond donors (Lipinski definition) is 1.